The van der Waals surface area contributed by atoms with E-state index in [1.807, 2.05) is 0 Å². The van der Waals surface area contributed by atoms with E-state index in [1.165, 1.54) is 11.1 Å². The normalized spacial score (nSPS) is 16.7. The molecule has 0 saturated carbocycles. The molecule has 0 spiro atoms. The number of benzene rings is 1. The highest BCUT2D eigenvalue weighted by molar-refractivity contribution is 5.79. The average Bonchev–Trinajstić information content (AvgIpc) is 2.61. The molecule has 2 rings (SSSR count). The summed E-state index contributed by atoms with van der Waals surface area (Å²) in [6, 6.07) is 8.77. The molecule has 0 amide bonds. The number of hydrogen-bond acceptors (Lipinski definition) is 3. The Morgan fingerprint density at radius 1 is 1.16 bits per heavy atom. The van der Waals surface area contributed by atoms with Crippen LogP contribution < -0.4 is 10.6 Å². The Kier molecular flexibility index (Phi) is 7.72. The van der Waals surface area contributed by atoms with Crippen molar-refractivity contribution in [3.63, 3.8) is 0 Å². The van der Waals surface area contributed by atoms with Gasteiger partial charge >= 0.3 is 0 Å². The number of guanidine groups is 1. The molecule has 0 bridgehead atoms. The van der Waals surface area contributed by atoms with E-state index in [0.717, 1.165) is 58.4 Å². The molecule has 1 aromatic carbocycles. The van der Waals surface area contributed by atoms with Crippen LogP contribution in [0, 0.1) is 6.92 Å². The first kappa shape index (κ1) is 19.7. The molecule has 0 radical (unpaired) electrons. The number of aryl methyl sites for hydroxylation is 1. The van der Waals surface area contributed by atoms with Gasteiger partial charge in [-0.15, -0.1) is 0 Å². The van der Waals surface area contributed by atoms with Crippen molar-refractivity contribution in [3.05, 3.63) is 35.4 Å². The molecule has 5 heteroatoms. The lowest BCUT2D eigenvalue weighted by Crippen LogP contribution is -2.44. The number of ether oxygens (including phenoxy) is 1. The minimum atomic E-state index is 0.0141. The van der Waals surface area contributed by atoms with Crippen molar-refractivity contribution in [2.75, 3.05) is 52.5 Å². The second-order valence-corrected chi connectivity index (χ2v) is 7.33. The molecule has 0 aliphatic carbocycles. The number of morpholine rings is 1. The number of aliphatic imine (C=N–C) groups is 1. The maximum atomic E-state index is 5.39. The van der Waals surface area contributed by atoms with Gasteiger partial charge in [0.1, 0.15) is 0 Å². The summed E-state index contributed by atoms with van der Waals surface area (Å²) in [5, 5.41) is 6.81. The molecule has 140 valence electrons. The van der Waals surface area contributed by atoms with E-state index in [4.69, 9.17) is 9.73 Å². The first-order valence-corrected chi connectivity index (χ1v) is 9.41. The van der Waals surface area contributed by atoms with Crippen molar-refractivity contribution in [2.45, 2.75) is 33.1 Å². The van der Waals surface area contributed by atoms with E-state index in [-0.39, 0.29) is 5.41 Å². The van der Waals surface area contributed by atoms with Gasteiger partial charge in [-0.2, -0.15) is 0 Å². The summed E-state index contributed by atoms with van der Waals surface area (Å²) in [6.07, 6.45) is 0. The van der Waals surface area contributed by atoms with E-state index in [2.05, 4.69) is 67.5 Å². The van der Waals surface area contributed by atoms with Gasteiger partial charge in [0, 0.05) is 38.1 Å². The van der Waals surface area contributed by atoms with E-state index in [0.29, 0.717) is 0 Å². The zero-order valence-electron chi connectivity index (χ0n) is 16.3. The molecule has 5 nitrogen and oxygen atoms in total. The summed E-state index contributed by atoms with van der Waals surface area (Å²) < 4.78 is 5.39. The Morgan fingerprint density at radius 2 is 1.84 bits per heavy atom. The van der Waals surface area contributed by atoms with E-state index >= 15 is 0 Å². The largest absolute Gasteiger partial charge is 0.379 e. The third-order valence-corrected chi connectivity index (χ3v) is 4.63. The molecular weight excluding hydrogens is 312 g/mol. The molecule has 1 aliphatic rings. The van der Waals surface area contributed by atoms with Crippen LogP contribution in [0.2, 0.25) is 0 Å². The van der Waals surface area contributed by atoms with E-state index in [1.54, 1.807) is 0 Å². The lowest BCUT2D eigenvalue weighted by atomic mass is 9.84. The lowest BCUT2D eigenvalue weighted by molar-refractivity contribution is 0.0389. The minimum absolute atomic E-state index is 0.0141. The van der Waals surface area contributed by atoms with Crippen molar-refractivity contribution in [2.24, 2.45) is 4.99 Å². The maximum absolute atomic E-state index is 5.39. The highest BCUT2D eigenvalue weighted by atomic mass is 16.5. The number of nitrogens with one attached hydrogen (secondary N) is 2. The van der Waals surface area contributed by atoms with Gasteiger partial charge in [-0.3, -0.25) is 9.89 Å². The zero-order chi connectivity index (χ0) is 18.1. The molecule has 0 aromatic heterocycles. The summed E-state index contributed by atoms with van der Waals surface area (Å²) in [6.45, 7) is 16.0. The Labute approximate surface area is 152 Å². The van der Waals surface area contributed by atoms with Gasteiger partial charge in [-0.25, -0.2) is 0 Å². The average molecular weight is 347 g/mol. The molecule has 1 heterocycles. The van der Waals surface area contributed by atoms with Crippen LogP contribution in [0.4, 0.5) is 0 Å². The van der Waals surface area contributed by atoms with Crippen molar-refractivity contribution >= 4 is 5.96 Å². The standard InChI is InChI=1S/C20H34N4O/c1-5-21-19(22-10-11-24-12-14-25-15-13-24)23-16-20(3,4)18-8-6-17(2)7-9-18/h6-9H,5,10-16H2,1-4H3,(H2,21,22,23). The van der Waals surface area contributed by atoms with Crippen LogP contribution >= 0.6 is 0 Å². The highest BCUT2D eigenvalue weighted by Gasteiger charge is 2.20. The van der Waals surface area contributed by atoms with Gasteiger partial charge < -0.3 is 15.4 Å². The molecule has 0 unspecified atom stereocenters. The number of nitrogens with zero attached hydrogens (tertiary/aromatic N) is 2. The molecule has 1 aromatic rings. The Hall–Kier alpha value is -1.59. The van der Waals surface area contributed by atoms with E-state index < -0.39 is 0 Å². The second kappa shape index (κ2) is 9.78. The molecule has 1 aliphatic heterocycles. The molecular formula is C20H34N4O. The van der Waals surface area contributed by atoms with Gasteiger partial charge in [-0.1, -0.05) is 43.7 Å². The van der Waals surface area contributed by atoms with Crippen molar-refractivity contribution in [3.8, 4) is 0 Å². The number of rotatable bonds is 7. The maximum Gasteiger partial charge on any atom is 0.191 e. The van der Waals surface area contributed by atoms with Crippen LogP contribution in [-0.4, -0.2) is 63.3 Å². The summed E-state index contributed by atoms with van der Waals surface area (Å²) in [4.78, 5) is 7.24. The van der Waals surface area contributed by atoms with Crippen LogP contribution in [0.5, 0.6) is 0 Å². The van der Waals surface area contributed by atoms with Gasteiger partial charge in [0.25, 0.3) is 0 Å². The Morgan fingerprint density at radius 3 is 2.48 bits per heavy atom. The van der Waals surface area contributed by atoms with Crippen molar-refractivity contribution in [1.29, 1.82) is 0 Å². The fraction of sp³-hybridized carbons (Fsp3) is 0.650. The summed E-state index contributed by atoms with van der Waals surface area (Å²) in [5.41, 5.74) is 2.63. The fourth-order valence-corrected chi connectivity index (χ4v) is 2.87. The quantitative estimate of drug-likeness (QED) is 0.587. The van der Waals surface area contributed by atoms with E-state index in [9.17, 15) is 0 Å². The van der Waals surface area contributed by atoms with Crippen LogP contribution in [0.1, 0.15) is 31.9 Å². The smallest absolute Gasteiger partial charge is 0.191 e. The number of hydrogen-bond donors (Lipinski definition) is 2. The molecule has 25 heavy (non-hydrogen) atoms. The summed E-state index contributed by atoms with van der Waals surface area (Å²) >= 11 is 0. The van der Waals surface area contributed by atoms with Gasteiger partial charge in [0.2, 0.25) is 0 Å². The zero-order valence-corrected chi connectivity index (χ0v) is 16.3. The minimum Gasteiger partial charge on any atom is -0.379 e. The van der Waals surface area contributed by atoms with Crippen LogP contribution in [0.15, 0.2) is 29.3 Å². The predicted molar refractivity (Wildman–Crippen MR) is 105 cm³/mol. The molecule has 1 saturated heterocycles. The Bertz CT molecular complexity index is 533. The van der Waals surface area contributed by atoms with Gasteiger partial charge in [0.15, 0.2) is 5.96 Å². The third-order valence-electron chi connectivity index (χ3n) is 4.63. The van der Waals surface area contributed by atoms with Crippen molar-refractivity contribution < 1.29 is 4.74 Å². The third kappa shape index (κ3) is 6.67. The van der Waals surface area contributed by atoms with Gasteiger partial charge in [0.05, 0.1) is 19.8 Å². The molecule has 2 N–H and O–H groups in total. The second-order valence-electron chi connectivity index (χ2n) is 7.33. The van der Waals surface area contributed by atoms with Crippen LogP contribution in [0.3, 0.4) is 0 Å². The topological polar surface area (TPSA) is 48.9 Å². The first-order chi connectivity index (χ1) is 12.0. The summed E-state index contributed by atoms with van der Waals surface area (Å²) in [5.74, 6) is 0.899. The molecule has 1 fully saturated rings. The lowest BCUT2D eigenvalue weighted by Gasteiger charge is -2.27. The monoisotopic (exact) mass is 346 g/mol. The highest BCUT2D eigenvalue weighted by Crippen LogP contribution is 2.23. The predicted octanol–water partition coefficient (Wildman–Crippen LogP) is 2.16. The molecule has 0 atom stereocenters. The van der Waals surface area contributed by atoms with Crippen molar-refractivity contribution in [1.82, 2.24) is 15.5 Å². The van der Waals surface area contributed by atoms with Gasteiger partial charge in [-0.05, 0) is 19.4 Å². The summed E-state index contributed by atoms with van der Waals surface area (Å²) in [7, 11) is 0. The fourth-order valence-electron chi connectivity index (χ4n) is 2.87. The first-order valence-electron chi connectivity index (χ1n) is 9.41. The van der Waals surface area contributed by atoms with Crippen LogP contribution in [0.25, 0.3) is 0 Å². The Balaban J connectivity index is 1.87. The SMILES string of the molecule is CCNC(=NCC(C)(C)c1ccc(C)cc1)NCCN1CCOCC1. The van der Waals surface area contributed by atoms with Crippen LogP contribution in [-0.2, 0) is 10.2 Å².